The van der Waals surface area contributed by atoms with Crippen molar-refractivity contribution in [1.82, 2.24) is 29.5 Å². The van der Waals surface area contributed by atoms with Gasteiger partial charge in [-0.2, -0.15) is 13.8 Å². The summed E-state index contributed by atoms with van der Waals surface area (Å²) in [4.78, 5) is 59.8. The van der Waals surface area contributed by atoms with Gasteiger partial charge in [-0.15, -0.1) is 11.8 Å². The van der Waals surface area contributed by atoms with Crippen LogP contribution in [0.4, 0.5) is 9.52 Å². The molecule has 3 aromatic heterocycles. The number of thioether (sulfide) groups is 1. The Hall–Kier alpha value is -4.10. The van der Waals surface area contributed by atoms with Gasteiger partial charge in [-0.1, -0.05) is 16.5 Å². The second kappa shape index (κ2) is 11.6. The predicted molar refractivity (Wildman–Crippen MR) is 138 cm³/mol. The minimum Gasteiger partial charge on any atom is -0.543 e. The van der Waals surface area contributed by atoms with Gasteiger partial charge >= 0.3 is 0 Å². The second-order valence-electron chi connectivity index (χ2n) is 8.32. The Kier molecular flexibility index (Phi) is 7.94. The molecule has 0 spiro atoms. The first-order valence-corrected chi connectivity index (χ1v) is 14.2. The van der Waals surface area contributed by atoms with Crippen molar-refractivity contribution < 1.29 is 37.9 Å². The number of fused-ring (bicyclic) bond motifs is 2. The van der Waals surface area contributed by atoms with Crippen LogP contribution in [0.25, 0.3) is 4.83 Å². The van der Waals surface area contributed by atoms with E-state index in [1.54, 1.807) is 10.9 Å². The Labute approximate surface area is 236 Å². The van der Waals surface area contributed by atoms with E-state index in [0.29, 0.717) is 12.0 Å². The Morgan fingerprint density at radius 2 is 2.25 bits per heavy atom. The molecule has 2 atom stereocenters. The number of carbonyl (C=O) groups excluding carboxylic acids is 4. The van der Waals surface area contributed by atoms with Crippen LogP contribution in [-0.4, -0.2) is 79.2 Å². The number of carboxylic acid groups (broad SMARTS) is 1. The van der Waals surface area contributed by atoms with E-state index in [-0.39, 0.29) is 35.5 Å². The number of aromatic nitrogens is 4. The van der Waals surface area contributed by atoms with Crippen LogP contribution in [0.3, 0.4) is 0 Å². The maximum absolute atomic E-state index is 13.1. The number of nitrogen functional groups attached to an aromatic ring is 1. The third-order valence-electron chi connectivity index (χ3n) is 5.93. The van der Waals surface area contributed by atoms with Crippen molar-refractivity contribution in [3.05, 3.63) is 40.7 Å². The Morgan fingerprint density at radius 3 is 2.95 bits per heavy atom. The molecule has 40 heavy (non-hydrogen) atoms. The largest absolute Gasteiger partial charge is 0.543 e. The highest BCUT2D eigenvalue weighted by atomic mass is 32.2. The molecule has 2 aliphatic heterocycles. The summed E-state index contributed by atoms with van der Waals surface area (Å²) in [6, 6.07) is -1.09. The van der Waals surface area contributed by atoms with E-state index in [2.05, 4.69) is 25.1 Å². The number of thiazole rings is 1. The van der Waals surface area contributed by atoms with E-state index in [1.165, 1.54) is 23.1 Å². The highest BCUT2D eigenvalue weighted by Gasteiger charge is 2.53. The van der Waals surface area contributed by atoms with Gasteiger partial charge in [0.25, 0.3) is 11.8 Å². The third-order valence-corrected chi connectivity index (χ3v) is 8.74. The molecule has 19 heteroatoms. The molecular formula is C21H20FN9O6S3. The molecule has 0 aromatic carbocycles. The summed E-state index contributed by atoms with van der Waals surface area (Å²) in [6.07, 6.45) is 4.18. The number of β-lactam (4-membered cyclic amide) rings is 1. The first kappa shape index (κ1) is 27.5. The minimum absolute atomic E-state index is 0.0528. The number of oxime groups is 1. The van der Waals surface area contributed by atoms with Gasteiger partial charge in [0.1, 0.15) is 37.4 Å². The fourth-order valence-electron chi connectivity index (χ4n) is 4.26. The van der Waals surface area contributed by atoms with E-state index in [1.807, 2.05) is 16.0 Å². The van der Waals surface area contributed by atoms with Crippen molar-refractivity contribution in [3.63, 3.8) is 0 Å². The number of hydrogen-bond donors (Lipinski definition) is 3. The number of carboxylic acids is 1. The van der Waals surface area contributed by atoms with Crippen LogP contribution < -0.4 is 25.9 Å². The monoisotopic (exact) mass is 609 g/mol. The topological polar surface area (TPSA) is 201 Å². The zero-order chi connectivity index (χ0) is 28.4. The molecule has 210 valence electrons. The van der Waals surface area contributed by atoms with Gasteiger partial charge in [0.15, 0.2) is 10.8 Å². The number of nitrogens with two attached hydrogens (primary N) is 1. The molecular weight excluding hydrogens is 589 g/mol. The quantitative estimate of drug-likeness (QED) is 0.0504. The SMILES string of the molecule is Nc1nc(/C(=N/OCCF)C(=O)N[C@@H]2C(=O)N3C(C(=O)[O-])=C(Cn4c[n+]5ccsc5c4CNC=O)CS[C@H]23)ns1. The Bertz CT molecular complexity index is 1550. The number of imidazole rings is 1. The molecule has 3 aromatic rings. The fraction of sp³-hybridized carbons (Fsp3) is 0.333. The normalized spacial score (nSPS) is 18.9. The molecule has 1 fully saturated rings. The van der Waals surface area contributed by atoms with E-state index in [4.69, 9.17) is 10.6 Å². The van der Waals surface area contributed by atoms with Crippen LogP contribution in [0.5, 0.6) is 0 Å². The zero-order valence-corrected chi connectivity index (χ0v) is 22.8. The van der Waals surface area contributed by atoms with Gasteiger partial charge in [-0.05, 0) is 0 Å². The van der Waals surface area contributed by atoms with Gasteiger partial charge in [0.05, 0.1) is 18.2 Å². The van der Waals surface area contributed by atoms with E-state index in [0.717, 1.165) is 27.0 Å². The molecule has 15 nitrogen and oxygen atoms in total. The number of halogens is 1. The van der Waals surface area contributed by atoms with Crippen molar-refractivity contribution >= 4 is 74.5 Å². The average Bonchev–Trinajstić information content (AvgIpc) is 3.65. The van der Waals surface area contributed by atoms with Crippen LogP contribution in [0.15, 0.2) is 34.3 Å². The fourth-order valence-corrected chi connectivity index (χ4v) is 6.91. The number of aliphatic carboxylic acids is 1. The summed E-state index contributed by atoms with van der Waals surface area (Å²) < 4.78 is 20.0. The lowest BCUT2D eigenvalue weighted by Gasteiger charge is -2.50. The molecule has 0 radical (unpaired) electrons. The molecule has 2 aliphatic rings. The smallest absolute Gasteiger partial charge is 0.278 e. The molecule has 3 amide bonds. The van der Waals surface area contributed by atoms with Gasteiger partial charge in [0, 0.05) is 28.2 Å². The third kappa shape index (κ3) is 5.09. The maximum Gasteiger partial charge on any atom is 0.278 e. The van der Waals surface area contributed by atoms with Crippen LogP contribution in [0.2, 0.25) is 0 Å². The van der Waals surface area contributed by atoms with Gasteiger partial charge < -0.3 is 31.1 Å². The van der Waals surface area contributed by atoms with Gasteiger partial charge in [0.2, 0.25) is 29.1 Å². The van der Waals surface area contributed by atoms with Crippen molar-refractivity contribution in [3.8, 4) is 0 Å². The standard InChI is InChI=1S/C21H20FN9O6S3/c22-1-3-37-27-12(15-26-21(23)40-28-15)16(33)25-13-17(34)31-14(20(35)36)10(7-39-19(13)31)6-30-9-29-2-4-38-18(29)11(30)5-24-8-32/h2,4,8-9,13,19H,1,3,5-7H2,(H4-,23,24,25,26,28,32,33,35,36)/b27-12-/t13-,19-/m1/s1. The molecule has 0 saturated carbocycles. The van der Waals surface area contributed by atoms with Crippen LogP contribution in [-0.2, 0) is 37.1 Å². The molecule has 0 aliphatic carbocycles. The molecule has 1 saturated heterocycles. The van der Waals surface area contributed by atoms with Gasteiger partial charge in [-0.25, -0.2) is 8.96 Å². The first-order chi connectivity index (χ1) is 19.3. The van der Waals surface area contributed by atoms with Crippen molar-refractivity contribution in [1.29, 1.82) is 0 Å². The Balaban J connectivity index is 1.37. The lowest BCUT2D eigenvalue weighted by atomic mass is 10.0. The summed E-state index contributed by atoms with van der Waals surface area (Å²) in [5.74, 6) is -3.01. The molecule has 4 N–H and O–H groups in total. The summed E-state index contributed by atoms with van der Waals surface area (Å²) in [5.41, 5.74) is 6.09. The number of nitrogens with zero attached hydrogens (tertiary/aromatic N) is 6. The number of rotatable bonds is 12. The lowest BCUT2D eigenvalue weighted by molar-refractivity contribution is -0.508. The summed E-state index contributed by atoms with van der Waals surface area (Å²) in [6.45, 7) is -0.916. The van der Waals surface area contributed by atoms with Crippen molar-refractivity contribution in [2.24, 2.45) is 5.16 Å². The number of amides is 3. The summed E-state index contributed by atoms with van der Waals surface area (Å²) in [7, 11) is 0. The second-order valence-corrected chi connectivity index (χ2v) is 11.1. The van der Waals surface area contributed by atoms with E-state index >= 15 is 0 Å². The molecule has 0 unspecified atom stereocenters. The van der Waals surface area contributed by atoms with Crippen LogP contribution in [0.1, 0.15) is 11.5 Å². The number of alkyl halides is 1. The summed E-state index contributed by atoms with van der Waals surface area (Å²) in [5, 5.41) is 22.2. The molecule has 0 bridgehead atoms. The Morgan fingerprint density at radius 1 is 1.43 bits per heavy atom. The van der Waals surface area contributed by atoms with Crippen LogP contribution >= 0.6 is 34.6 Å². The van der Waals surface area contributed by atoms with Crippen molar-refractivity contribution in [2.45, 2.75) is 24.5 Å². The van der Waals surface area contributed by atoms with Crippen LogP contribution in [0, 0.1) is 0 Å². The number of anilines is 1. The highest BCUT2D eigenvalue weighted by molar-refractivity contribution is 8.00. The molecule has 5 heterocycles. The lowest BCUT2D eigenvalue weighted by Crippen LogP contribution is -2.71. The highest BCUT2D eigenvalue weighted by Crippen LogP contribution is 2.40. The first-order valence-electron chi connectivity index (χ1n) is 11.5. The van der Waals surface area contributed by atoms with E-state index < -0.39 is 48.2 Å². The van der Waals surface area contributed by atoms with Gasteiger partial charge in [-0.3, -0.25) is 19.3 Å². The number of carbonyl (C=O) groups is 4. The average molecular weight is 610 g/mol. The summed E-state index contributed by atoms with van der Waals surface area (Å²) >= 11 is 3.53. The van der Waals surface area contributed by atoms with E-state index in [9.17, 15) is 28.7 Å². The molecule has 5 rings (SSSR count). The zero-order valence-electron chi connectivity index (χ0n) is 20.3. The minimum atomic E-state index is -1.53. The maximum atomic E-state index is 13.1. The predicted octanol–water partition coefficient (Wildman–Crippen LogP) is -2.24. The number of hydrogen-bond acceptors (Lipinski definition) is 13. The number of nitrogens with one attached hydrogen (secondary N) is 2. The van der Waals surface area contributed by atoms with Crippen molar-refractivity contribution in [2.75, 3.05) is 24.8 Å².